The normalized spacial score (nSPS) is 12.1. The van der Waals surface area contributed by atoms with Crippen molar-refractivity contribution in [2.24, 2.45) is 0 Å². The molecule has 1 aromatic carbocycles. The molecule has 0 aliphatic rings. The van der Waals surface area contributed by atoms with Crippen LogP contribution in [0.4, 0.5) is 0 Å². The summed E-state index contributed by atoms with van der Waals surface area (Å²) in [6.07, 6.45) is -0.403. The molecule has 1 atom stereocenters. The van der Waals surface area contributed by atoms with Gasteiger partial charge in [0.2, 0.25) is 0 Å². The summed E-state index contributed by atoms with van der Waals surface area (Å²) in [5.74, 6) is -1.35. The Morgan fingerprint density at radius 1 is 1.25 bits per heavy atom. The highest BCUT2D eigenvalue weighted by Gasteiger charge is 2.18. The molecule has 0 radical (unpaired) electrons. The maximum Gasteiger partial charge on any atom is 0.309 e. The summed E-state index contributed by atoms with van der Waals surface area (Å²) in [6, 6.07) is 7.12. The van der Waals surface area contributed by atoms with Crippen LogP contribution in [0.15, 0.2) is 24.3 Å². The maximum absolute atomic E-state index is 11.6. The van der Waals surface area contributed by atoms with Gasteiger partial charge in [-0.3, -0.25) is 9.59 Å². The van der Waals surface area contributed by atoms with Gasteiger partial charge in [0, 0.05) is 30.3 Å². The van der Waals surface area contributed by atoms with E-state index in [1.54, 1.807) is 19.9 Å². The average molecular weight is 299 g/mol. The summed E-state index contributed by atoms with van der Waals surface area (Å²) in [4.78, 5) is 23.1. The number of benzene rings is 1. The van der Waals surface area contributed by atoms with Gasteiger partial charge in [0.05, 0.1) is 0 Å². The molecule has 2 amide bonds. The second-order valence-electron chi connectivity index (χ2n) is 4.58. The van der Waals surface area contributed by atoms with E-state index >= 15 is 0 Å². The lowest BCUT2D eigenvalue weighted by Crippen LogP contribution is -2.44. The molecule has 0 bridgehead atoms. The smallest absolute Gasteiger partial charge is 0.309 e. The van der Waals surface area contributed by atoms with Crippen LogP contribution in [0.1, 0.15) is 25.5 Å². The van der Waals surface area contributed by atoms with Crippen LogP contribution in [0.5, 0.6) is 0 Å². The molecule has 1 aromatic rings. The number of carbonyl (C=O) groups is 2. The molecule has 0 fully saturated rings. The standard InChI is InChI=1S/C14H19ClN2O3/c1-9(2)17-14(19)13(18)16-8-12(20-3)10-6-4-5-7-11(10)15/h4-7,9,12H,8H2,1-3H3,(H,16,18)(H,17,19). The lowest BCUT2D eigenvalue weighted by Gasteiger charge is -2.17. The zero-order valence-corrected chi connectivity index (χ0v) is 12.5. The molecule has 2 N–H and O–H groups in total. The molecule has 110 valence electrons. The first-order valence-electron chi connectivity index (χ1n) is 6.31. The quantitative estimate of drug-likeness (QED) is 0.813. The third-order valence-electron chi connectivity index (χ3n) is 2.61. The molecular formula is C14H19ClN2O3. The minimum Gasteiger partial charge on any atom is -0.375 e. The molecule has 0 aliphatic heterocycles. The van der Waals surface area contributed by atoms with Gasteiger partial charge in [-0.1, -0.05) is 29.8 Å². The van der Waals surface area contributed by atoms with Crippen LogP contribution in [-0.2, 0) is 14.3 Å². The highest BCUT2D eigenvalue weighted by atomic mass is 35.5. The molecule has 5 nitrogen and oxygen atoms in total. The minimum atomic E-state index is -0.687. The first-order chi connectivity index (χ1) is 9.45. The molecule has 0 aromatic heterocycles. The Kier molecular flexibility index (Phi) is 6.48. The van der Waals surface area contributed by atoms with E-state index in [0.717, 1.165) is 5.56 Å². The summed E-state index contributed by atoms with van der Waals surface area (Å²) >= 11 is 6.07. The van der Waals surface area contributed by atoms with Crippen molar-refractivity contribution in [2.45, 2.75) is 26.0 Å². The van der Waals surface area contributed by atoms with Crippen LogP contribution in [0.2, 0.25) is 5.02 Å². The highest BCUT2D eigenvalue weighted by Crippen LogP contribution is 2.24. The largest absolute Gasteiger partial charge is 0.375 e. The number of hydrogen-bond acceptors (Lipinski definition) is 3. The van der Waals surface area contributed by atoms with E-state index in [-0.39, 0.29) is 12.6 Å². The number of amides is 2. The lowest BCUT2D eigenvalue weighted by molar-refractivity contribution is -0.139. The van der Waals surface area contributed by atoms with E-state index in [0.29, 0.717) is 5.02 Å². The highest BCUT2D eigenvalue weighted by molar-refractivity contribution is 6.35. The molecule has 0 heterocycles. The van der Waals surface area contributed by atoms with E-state index in [9.17, 15) is 9.59 Å². The second-order valence-corrected chi connectivity index (χ2v) is 4.99. The third-order valence-corrected chi connectivity index (χ3v) is 2.95. The molecule has 0 saturated heterocycles. The van der Waals surface area contributed by atoms with Crippen LogP contribution >= 0.6 is 11.6 Å². The Morgan fingerprint density at radius 2 is 1.90 bits per heavy atom. The third kappa shape index (κ3) is 4.83. The van der Waals surface area contributed by atoms with Crippen LogP contribution in [-0.4, -0.2) is 31.5 Å². The topological polar surface area (TPSA) is 67.4 Å². The first-order valence-corrected chi connectivity index (χ1v) is 6.69. The Bertz CT molecular complexity index is 477. The Balaban J connectivity index is 2.60. The molecule has 6 heteroatoms. The summed E-state index contributed by atoms with van der Waals surface area (Å²) in [7, 11) is 1.52. The Morgan fingerprint density at radius 3 is 2.45 bits per heavy atom. The Labute approximate surface area is 123 Å². The van der Waals surface area contributed by atoms with E-state index < -0.39 is 17.9 Å². The van der Waals surface area contributed by atoms with Crippen molar-refractivity contribution < 1.29 is 14.3 Å². The zero-order chi connectivity index (χ0) is 15.1. The van der Waals surface area contributed by atoms with E-state index in [1.165, 1.54) is 7.11 Å². The molecule has 20 heavy (non-hydrogen) atoms. The van der Waals surface area contributed by atoms with Gasteiger partial charge in [-0.05, 0) is 19.9 Å². The van der Waals surface area contributed by atoms with Gasteiger partial charge < -0.3 is 15.4 Å². The molecule has 0 aliphatic carbocycles. The lowest BCUT2D eigenvalue weighted by atomic mass is 10.1. The maximum atomic E-state index is 11.6. The molecule has 0 spiro atoms. The van der Waals surface area contributed by atoms with Gasteiger partial charge in [-0.2, -0.15) is 0 Å². The number of carbonyl (C=O) groups excluding carboxylic acids is 2. The first kappa shape index (κ1) is 16.5. The summed E-state index contributed by atoms with van der Waals surface area (Å²) in [5, 5.41) is 5.60. The van der Waals surface area contributed by atoms with Crippen LogP contribution < -0.4 is 10.6 Å². The van der Waals surface area contributed by atoms with Crippen molar-refractivity contribution >= 4 is 23.4 Å². The van der Waals surface area contributed by atoms with Crippen molar-refractivity contribution in [1.82, 2.24) is 10.6 Å². The fourth-order valence-electron chi connectivity index (χ4n) is 1.65. The fraction of sp³-hybridized carbons (Fsp3) is 0.429. The van der Waals surface area contributed by atoms with Crippen molar-refractivity contribution in [3.63, 3.8) is 0 Å². The van der Waals surface area contributed by atoms with Gasteiger partial charge in [0.25, 0.3) is 0 Å². The number of hydrogen-bond donors (Lipinski definition) is 2. The Hall–Kier alpha value is -1.59. The van der Waals surface area contributed by atoms with Crippen molar-refractivity contribution in [1.29, 1.82) is 0 Å². The van der Waals surface area contributed by atoms with Crippen LogP contribution in [0.25, 0.3) is 0 Å². The number of methoxy groups -OCH3 is 1. The van der Waals surface area contributed by atoms with Crippen LogP contribution in [0.3, 0.4) is 0 Å². The van der Waals surface area contributed by atoms with Crippen molar-refractivity contribution in [3.8, 4) is 0 Å². The molecule has 1 unspecified atom stereocenters. The molecular weight excluding hydrogens is 280 g/mol. The fourth-order valence-corrected chi connectivity index (χ4v) is 1.91. The predicted octanol–water partition coefficient (Wildman–Crippen LogP) is 1.67. The van der Waals surface area contributed by atoms with Gasteiger partial charge in [0.1, 0.15) is 6.10 Å². The minimum absolute atomic E-state index is 0.0879. The second kappa shape index (κ2) is 7.87. The van der Waals surface area contributed by atoms with Crippen LogP contribution in [0, 0.1) is 0 Å². The van der Waals surface area contributed by atoms with Crippen molar-refractivity contribution in [3.05, 3.63) is 34.9 Å². The van der Waals surface area contributed by atoms with Gasteiger partial charge >= 0.3 is 11.8 Å². The van der Waals surface area contributed by atoms with Gasteiger partial charge in [-0.25, -0.2) is 0 Å². The number of nitrogens with one attached hydrogen (secondary N) is 2. The van der Waals surface area contributed by atoms with Gasteiger partial charge in [-0.15, -0.1) is 0 Å². The number of halogens is 1. The summed E-state index contributed by atoms with van der Waals surface area (Å²) in [5.41, 5.74) is 0.765. The predicted molar refractivity (Wildman–Crippen MR) is 77.5 cm³/mol. The summed E-state index contributed by atoms with van der Waals surface area (Å²) < 4.78 is 5.30. The summed E-state index contributed by atoms with van der Waals surface area (Å²) in [6.45, 7) is 3.74. The van der Waals surface area contributed by atoms with E-state index in [1.807, 2.05) is 18.2 Å². The number of rotatable bonds is 5. The van der Waals surface area contributed by atoms with Crippen molar-refractivity contribution in [2.75, 3.05) is 13.7 Å². The number of ether oxygens (including phenoxy) is 1. The molecule has 1 rings (SSSR count). The monoisotopic (exact) mass is 298 g/mol. The SMILES string of the molecule is COC(CNC(=O)C(=O)NC(C)C)c1ccccc1Cl. The van der Waals surface area contributed by atoms with Gasteiger partial charge in [0.15, 0.2) is 0 Å². The zero-order valence-electron chi connectivity index (χ0n) is 11.8. The average Bonchev–Trinajstić information content (AvgIpc) is 2.40. The molecule has 0 saturated carbocycles. The van der Waals surface area contributed by atoms with E-state index in [4.69, 9.17) is 16.3 Å². The van der Waals surface area contributed by atoms with E-state index in [2.05, 4.69) is 10.6 Å².